The molecule has 0 heterocycles. The van der Waals surface area contributed by atoms with Gasteiger partial charge in [-0.05, 0) is 40.5 Å². The molecule has 4 aromatic rings. The summed E-state index contributed by atoms with van der Waals surface area (Å²) in [5, 5.41) is 2.34. The summed E-state index contributed by atoms with van der Waals surface area (Å²) in [6.45, 7) is 2.14. The topological polar surface area (TPSA) is 26.3 Å². The lowest BCUT2D eigenvalue weighted by atomic mass is 9.86. The first-order chi connectivity index (χ1) is 14.2. The molecule has 0 radical (unpaired) electrons. The van der Waals surface area contributed by atoms with Gasteiger partial charge in [-0.25, -0.2) is 0 Å². The van der Waals surface area contributed by atoms with Gasteiger partial charge in [0.15, 0.2) is 5.78 Å². The molecule has 0 aliphatic rings. The highest BCUT2D eigenvalue weighted by atomic mass is 16.5. The average Bonchev–Trinajstić information content (AvgIpc) is 2.79. The van der Waals surface area contributed by atoms with Crippen molar-refractivity contribution in [2.45, 2.75) is 19.8 Å². The van der Waals surface area contributed by atoms with Crippen LogP contribution in [0, 0.1) is 0 Å². The Morgan fingerprint density at radius 1 is 0.828 bits per heavy atom. The van der Waals surface area contributed by atoms with Crippen molar-refractivity contribution >= 4 is 16.6 Å². The molecule has 144 valence electrons. The number of carbonyl (C=O) groups excluding carboxylic acids is 1. The molecule has 0 aliphatic heterocycles. The fraction of sp³-hybridized carbons (Fsp3) is 0.148. The van der Waals surface area contributed by atoms with Gasteiger partial charge in [0.25, 0.3) is 0 Å². The summed E-state index contributed by atoms with van der Waals surface area (Å²) in [6.07, 6.45) is 1.75. The predicted molar refractivity (Wildman–Crippen MR) is 120 cm³/mol. The van der Waals surface area contributed by atoms with Gasteiger partial charge in [0.2, 0.25) is 0 Å². The zero-order valence-electron chi connectivity index (χ0n) is 16.8. The number of hydrogen-bond acceptors (Lipinski definition) is 2. The van der Waals surface area contributed by atoms with Crippen LogP contribution < -0.4 is 4.74 Å². The number of ketones is 1. The molecule has 0 saturated heterocycles. The summed E-state index contributed by atoms with van der Waals surface area (Å²) < 4.78 is 5.76. The van der Waals surface area contributed by atoms with Crippen molar-refractivity contribution in [3.05, 3.63) is 102 Å². The van der Waals surface area contributed by atoms with Crippen LogP contribution >= 0.6 is 0 Å². The minimum Gasteiger partial charge on any atom is -0.496 e. The van der Waals surface area contributed by atoms with Crippen molar-refractivity contribution in [2.24, 2.45) is 0 Å². The van der Waals surface area contributed by atoms with Crippen molar-refractivity contribution < 1.29 is 9.53 Å². The van der Waals surface area contributed by atoms with Gasteiger partial charge in [0.1, 0.15) is 5.75 Å². The van der Waals surface area contributed by atoms with E-state index in [1.807, 2.05) is 48.5 Å². The summed E-state index contributed by atoms with van der Waals surface area (Å²) in [5.74, 6) is 0.854. The molecule has 29 heavy (non-hydrogen) atoms. The van der Waals surface area contributed by atoms with Gasteiger partial charge in [0, 0.05) is 16.7 Å². The highest BCUT2D eigenvalue weighted by molar-refractivity contribution is 6.12. The van der Waals surface area contributed by atoms with Crippen molar-refractivity contribution in [1.82, 2.24) is 0 Å². The second-order valence-electron chi connectivity index (χ2n) is 7.14. The SMILES string of the molecule is CCCc1c(C(=O)c2ccccc2)ccc(OC)c1-c1cccc2ccccc12. The molecule has 0 unspecified atom stereocenters. The highest BCUT2D eigenvalue weighted by Crippen LogP contribution is 2.40. The van der Waals surface area contributed by atoms with Crippen LogP contribution in [0.4, 0.5) is 0 Å². The van der Waals surface area contributed by atoms with E-state index in [0.29, 0.717) is 5.56 Å². The summed E-state index contributed by atoms with van der Waals surface area (Å²) in [4.78, 5) is 13.3. The van der Waals surface area contributed by atoms with E-state index in [9.17, 15) is 4.79 Å². The van der Waals surface area contributed by atoms with Crippen LogP contribution in [0.5, 0.6) is 5.75 Å². The first-order valence-electron chi connectivity index (χ1n) is 10.0. The Morgan fingerprint density at radius 3 is 2.31 bits per heavy atom. The van der Waals surface area contributed by atoms with Crippen LogP contribution in [0.2, 0.25) is 0 Å². The van der Waals surface area contributed by atoms with Gasteiger partial charge in [-0.1, -0.05) is 86.1 Å². The zero-order chi connectivity index (χ0) is 20.2. The Kier molecular flexibility index (Phi) is 5.44. The van der Waals surface area contributed by atoms with E-state index in [1.54, 1.807) is 7.11 Å². The van der Waals surface area contributed by atoms with Crippen molar-refractivity contribution in [3.8, 4) is 16.9 Å². The molecule has 0 N–H and O–H groups in total. The number of ether oxygens (including phenoxy) is 1. The van der Waals surface area contributed by atoms with E-state index in [-0.39, 0.29) is 5.78 Å². The molecule has 2 heteroatoms. The van der Waals surface area contributed by atoms with Gasteiger partial charge in [0.05, 0.1) is 7.11 Å². The number of carbonyl (C=O) groups is 1. The van der Waals surface area contributed by atoms with Gasteiger partial charge < -0.3 is 4.74 Å². The summed E-state index contributed by atoms with van der Waals surface area (Å²) in [5.41, 5.74) is 4.64. The van der Waals surface area contributed by atoms with E-state index < -0.39 is 0 Å². The molecule has 0 spiro atoms. The Labute approximate surface area is 171 Å². The van der Waals surface area contributed by atoms with Crippen molar-refractivity contribution in [3.63, 3.8) is 0 Å². The molecular formula is C27H24O2. The summed E-state index contributed by atoms with van der Waals surface area (Å²) in [7, 11) is 1.69. The molecule has 4 rings (SSSR count). The van der Waals surface area contributed by atoms with E-state index in [0.717, 1.165) is 46.2 Å². The third-order valence-electron chi connectivity index (χ3n) is 5.33. The number of fused-ring (bicyclic) bond motifs is 1. The first-order valence-corrected chi connectivity index (χ1v) is 10.0. The van der Waals surface area contributed by atoms with Gasteiger partial charge in [-0.3, -0.25) is 4.79 Å². The lowest BCUT2D eigenvalue weighted by Crippen LogP contribution is -2.08. The summed E-state index contributed by atoms with van der Waals surface area (Å²) in [6, 6.07) is 28.0. The Hall–Kier alpha value is -3.39. The number of benzene rings is 4. The lowest BCUT2D eigenvalue weighted by molar-refractivity contribution is 0.103. The lowest BCUT2D eigenvalue weighted by Gasteiger charge is -2.19. The summed E-state index contributed by atoms with van der Waals surface area (Å²) >= 11 is 0. The van der Waals surface area contributed by atoms with E-state index in [2.05, 4.69) is 43.3 Å². The molecule has 0 aromatic heterocycles. The Bertz CT molecular complexity index is 1150. The third kappa shape index (κ3) is 3.54. The Morgan fingerprint density at radius 2 is 1.55 bits per heavy atom. The van der Waals surface area contributed by atoms with Gasteiger partial charge in [-0.2, -0.15) is 0 Å². The normalized spacial score (nSPS) is 10.8. The molecule has 0 fully saturated rings. The fourth-order valence-corrected chi connectivity index (χ4v) is 4.00. The average molecular weight is 380 g/mol. The van der Waals surface area contributed by atoms with Crippen LogP contribution in [0.25, 0.3) is 21.9 Å². The molecule has 2 nitrogen and oxygen atoms in total. The molecule has 0 bridgehead atoms. The zero-order valence-corrected chi connectivity index (χ0v) is 16.8. The second-order valence-corrected chi connectivity index (χ2v) is 7.14. The number of methoxy groups -OCH3 is 1. The first kappa shape index (κ1) is 18.9. The molecular weight excluding hydrogens is 356 g/mol. The van der Waals surface area contributed by atoms with Gasteiger partial charge in [-0.15, -0.1) is 0 Å². The number of hydrogen-bond donors (Lipinski definition) is 0. The van der Waals surface area contributed by atoms with Gasteiger partial charge >= 0.3 is 0 Å². The van der Waals surface area contributed by atoms with Crippen LogP contribution in [0.1, 0.15) is 34.8 Å². The largest absolute Gasteiger partial charge is 0.496 e. The minimum atomic E-state index is 0.0539. The van der Waals surface area contributed by atoms with Crippen LogP contribution in [-0.4, -0.2) is 12.9 Å². The van der Waals surface area contributed by atoms with E-state index in [1.165, 1.54) is 5.39 Å². The maximum Gasteiger partial charge on any atom is 0.193 e. The molecule has 0 aliphatic carbocycles. The van der Waals surface area contributed by atoms with E-state index >= 15 is 0 Å². The standard InChI is InChI=1S/C27H24O2/c1-3-10-22-24(27(28)20-12-5-4-6-13-20)17-18-25(29-2)26(22)23-16-9-14-19-11-7-8-15-21(19)23/h4-9,11-18H,3,10H2,1-2H3. The molecule has 0 amide bonds. The third-order valence-corrected chi connectivity index (χ3v) is 5.33. The second kappa shape index (κ2) is 8.32. The Balaban J connectivity index is 2.01. The van der Waals surface area contributed by atoms with Crippen LogP contribution in [0.3, 0.4) is 0 Å². The highest BCUT2D eigenvalue weighted by Gasteiger charge is 2.21. The molecule has 4 aromatic carbocycles. The fourth-order valence-electron chi connectivity index (χ4n) is 4.00. The predicted octanol–water partition coefficient (Wildman–Crippen LogP) is 6.70. The molecule has 0 atom stereocenters. The van der Waals surface area contributed by atoms with Crippen molar-refractivity contribution in [2.75, 3.05) is 7.11 Å². The maximum atomic E-state index is 13.3. The molecule has 0 saturated carbocycles. The van der Waals surface area contributed by atoms with Crippen LogP contribution in [-0.2, 0) is 6.42 Å². The van der Waals surface area contributed by atoms with Crippen LogP contribution in [0.15, 0.2) is 84.9 Å². The number of rotatable bonds is 6. The van der Waals surface area contributed by atoms with Crippen molar-refractivity contribution in [1.29, 1.82) is 0 Å². The minimum absolute atomic E-state index is 0.0539. The quantitative estimate of drug-likeness (QED) is 0.348. The van der Waals surface area contributed by atoms with E-state index in [4.69, 9.17) is 4.74 Å². The monoisotopic (exact) mass is 380 g/mol. The smallest absolute Gasteiger partial charge is 0.193 e. The maximum absolute atomic E-state index is 13.3.